The third kappa shape index (κ3) is 3.77. The fourth-order valence-corrected chi connectivity index (χ4v) is 4.81. The second-order valence-electron chi connectivity index (χ2n) is 8.76. The molecule has 0 amide bonds. The van der Waals surface area contributed by atoms with E-state index in [2.05, 4.69) is 5.32 Å². The van der Waals surface area contributed by atoms with E-state index in [1.54, 1.807) is 6.07 Å². The number of aliphatic carboxylic acids is 1. The molecule has 0 spiro atoms. The summed E-state index contributed by atoms with van der Waals surface area (Å²) in [5.74, 6) is -0.351. The molecule has 5 rings (SSSR count). The largest absolute Gasteiger partial charge is 0.490 e. The molecular weight excluding hydrogens is 433 g/mol. The number of hydrogen-bond donors (Lipinski definition) is 2. The number of ether oxygens (including phenoxy) is 1. The van der Waals surface area contributed by atoms with E-state index >= 15 is 0 Å². The summed E-state index contributed by atoms with van der Waals surface area (Å²) in [5, 5.41) is 14.0. The number of halogens is 1. The first-order valence-corrected chi connectivity index (χ1v) is 11.3. The van der Waals surface area contributed by atoms with Crippen LogP contribution < -0.4 is 10.1 Å². The Bertz CT molecular complexity index is 1440. The van der Waals surface area contributed by atoms with Gasteiger partial charge in [0.05, 0.1) is 12.1 Å². The SMILES string of the molecule is Cc1cc(F)ccc1Cn1ccc2c(-c3ccc4c(c3C)NCCO4)c(CC(=O)O)c(C)nc21. The lowest BCUT2D eigenvalue weighted by Gasteiger charge is -2.24. The third-order valence-electron chi connectivity index (χ3n) is 6.55. The van der Waals surface area contributed by atoms with Crippen LogP contribution in [0.4, 0.5) is 10.1 Å². The Kier molecular flexibility index (Phi) is 5.48. The number of pyridine rings is 1. The highest BCUT2D eigenvalue weighted by molar-refractivity contribution is 5.99. The van der Waals surface area contributed by atoms with Crippen molar-refractivity contribution in [1.29, 1.82) is 0 Å². The maximum atomic E-state index is 13.6. The number of carbonyl (C=O) groups is 1. The van der Waals surface area contributed by atoms with Gasteiger partial charge in [0.2, 0.25) is 0 Å². The lowest BCUT2D eigenvalue weighted by molar-refractivity contribution is -0.136. The monoisotopic (exact) mass is 459 g/mol. The van der Waals surface area contributed by atoms with Crippen LogP contribution >= 0.6 is 0 Å². The highest BCUT2D eigenvalue weighted by atomic mass is 19.1. The van der Waals surface area contributed by atoms with Crippen molar-refractivity contribution < 1.29 is 19.0 Å². The first kappa shape index (κ1) is 21.9. The molecule has 0 atom stereocenters. The van der Waals surface area contributed by atoms with Crippen molar-refractivity contribution in [2.45, 2.75) is 33.7 Å². The molecule has 7 heteroatoms. The maximum absolute atomic E-state index is 13.6. The first-order valence-electron chi connectivity index (χ1n) is 11.3. The van der Waals surface area contributed by atoms with Crippen LogP contribution in [0.2, 0.25) is 0 Å². The predicted molar refractivity (Wildman–Crippen MR) is 130 cm³/mol. The molecule has 0 saturated heterocycles. The lowest BCUT2D eigenvalue weighted by atomic mass is 9.90. The quantitative estimate of drug-likeness (QED) is 0.426. The van der Waals surface area contributed by atoms with Crippen LogP contribution in [-0.4, -0.2) is 33.8 Å². The number of rotatable bonds is 5. The van der Waals surface area contributed by atoms with Gasteiger partial charge in [0.25, 0.3) is 0 Å². The Balaban J connectivity index is 1.72. The van der Waals surface area contributed by atoms with E-state index in [4.69, 9.17) is 9.72 Å². The molecule has 0 unspecified atom stereocenters. The number of anilines is 1. The number of nitrogens with zero attached hydrogens (tertiary/aromatic N) is 2. The van der Waals surface area contributed by atoms with E-state index in [0.29, 0.717) is 24.4 Å². The Labute approximate surface area is 197 Å². The first-order chi connectivity index (χ1) is 16.3. The number of fused-ring (bicyclic) bond motifs is 2. The van der Waals surface area contributed by atoms with Crippen molar-refractivity contribution in [1.82, 2.24) is 9.55 Å². The van der Waals surface area contributed by atoms with Gasteiger partial charge in [0.15, 0.2) is 0 Å². The Hall–Kier alpha value is -3.87. The van der Waals surface area contributed by atoms with Crippen molar-refractivity contribution in [2.24, 2.45) is 0 Å². The minimum absolute atomic E-state index is 0.118. The van der Waals surface area contributed by atoms with Crippen molar-refractivity contribution in [3.63, 3.8) is 0 Å². The van der Waals surface area contributed by atoms with Crippen molar-refractivity contribution in [3.05, 3.63) is 76.4 Å². The number of aromatic nitrogens is 2. The smallest absolute Gasteiger partial charge is 0.307 e. The molecule has 1 aliphatic heterocycles. The van der Waals surface area contributed by atoms with E-state index in [1.807, 2.05) is 49.7 Å². The van der Waals surface area contributed by atoms with Gasteiger partial charge in [-0.2, -0.15) is 0 Å². The van der Waals surface area contributed by atoms with Crippen LogP contribution in [0.25, 0.3) is 22.2 Å². The summed E-state index contributed by atoms with van der Waals surface area (Å²) < 4.78 is 21.4. The average molecular weight is 460 g/mol. The van der Waals surface area contributed by atoms with E-state index in [9.17, 15) is 14.3 Å². The fourth-order valence-electron chi connectivity index (χ4n) is 4.81. The highest BCUT2D eigenvalue weighted by Gasteiger charge is 2.23. The van der Waals surface area contributed by atoms with E-state index in [1.165, 1.54) is 12.1 Å². The lowest BCUT2D eigenvalue weighted by Crippen LogP contribution is -2.19. The van der Waals surface area contributed by atoms with Gasteiger partial charge in [0.1, 0.15) is 23.8 Å². The topological polar surface area (TPSA) is 76.4 Å². The molecule has 0 saturated carbocycles. The fraction of sp³-hybridized carbons (Fsp3) is 0.259. The van der Waals surface area contributed by atoms with Crippen LogP contribution in [0.1, 0.15) is 27.9 Å². The van der Waals surface area contributed by atoms with Crippen molar-refractivity contribution >= 4 is 22.7 Å². The van der Waals surface area contributed by atoms with Crippen LogP contribution in [0.15, 0.2) is 42.6 Å². The molecule has 174 valence electrons. The Morgan fingerprint density at radius 2 is 2.03 bits per heavy atom. The second-order valence-corrected chi connectivity index (χ2v) is 8.76. The third-order valence-corrected chi connectivity index (χ3v) is 6.55. The maximum Gasteiger partial charge on any atom is 0.307 e. The van der Waals surface area contributed by atoms with Gasteiger partial charge in [-0.05, 0) is 78.4 Å². The van der Waals surface area contributed by atoms with E-state index in [-0.39, 0.29) is 12.2 Å². The van der Waals surface area contributed by atoms with E-state index in [0.717, 1.165) is 56.8 Å². The summed E-state index contributed by atoms with van der Waals surface area (Å²) in [6, 6.07) is 10.7. The summed E-state index contributed by atoms with van der Waals surface area (Å²) in [6.07, 6.45) is 1.84. The average Bonchev–Trinajstić information content (AvgIpc) is 3.19. The van der Waals surface area contributed by atoms with Gasteiger partial charge in [-0.15, -0.1) is 0 Å². The zero-order valence-electron chi connectivity index (χ0n) is 19.4. The molecule has 0 aliphatic carbocycles. The van der Waals surface area contributed by atoms with Crippen LogP contribution in [0, 0.1) is 26.6 Å². The number of benzene rings is 2. The van der Waals surface area contributed by atoms with Crippen LogP contribution in [0.3, 0.4) is 0 Å². The molecule has 0 fully saturated rings. The molecule has 1 aliphatic rings. The molecule has 2 aromatic carbocycles. The molecular formula is C27H26FN3O3. The summed E-state index contributed by atoms with van der Waals surface area (Å²) in [7, 11) is 0. The van der Waals surface area contributed by atoms with Gasteiger partial charge in [-0.1, -0.05) is 12.1 Å². The summed E-state index contributed by atoms with van der Waals surface area (Å²) >= 11 is 0. The highest BCUT2D eigenvalue weighted by Crippen LogP contribution is 2.42. The van der Waals surface area contributed by atoms with Crippen LogP contribution in [-0.2, 0) is 17.8 Å². The molecule has 6 nitrogen and oxygen atoms in total. The van der Waals surface area contributed by atoms with Gasteiger partial charge in [-0.25, -0.2) is 9.37 Å². The Morgan fingerprint density at radius 1 is 1.21 bits per heavy atom. The van der Waals surface area contributed by atoms with Gasteiger partial charge in [-0.3, -0.25) is 4.79 Å². The zero-order valence-corrected chi connectivity index (χ0v) is 19.4. The number of carboxylic acid groups (broad SMARTS) is 1. The van der Waals surface area contributed by atoms with Crippen molar-refractivity contribution in [3.8, 4) is 16.9 Å². The van der Waals surface area contributed by atoms with Crippen molar-refractivity contribution in [2.75, 3.05) is 18.5 Å². The molecule has 2 aromatic heterocycles. The van der Waals surface area contributed by atoms with Crippen LogP contribution in [0.5, 0.6) is 5.75 Å². The Morgan fingerprint density at radius 3 is 2.79 bits per heavy atom. The molecule has 2 N–H and O–H groups in total. The molecule has 4 aromatic rings. The molecule has 34 heavy (non-hydrogen) atoms. The summed E-state index contributed by atoms with van der Waals surface area (Å²) in [5.41, 5.74) is 7.82. The van der Waals surface area contributed by atoms with Gasteiger partial charge in [0, 0.05) is 30.4 Å². The summed E-state index contributed by atoms with van der Waals surface area (Å²) in [6.45, 7) is 7.65. The number of hydrogen-bond acceptors (Lipinski definition) is 4. The zero-order chi connectivity index (χ0) is 24.0. The van der Waals surface area contributed by atoms with Gasteiger partial charge < -0.3 is 19.7 Å². The predicted octanol–water partition coefficient (Wildman–Crippen LogP) is 5.25. The number of carboxylic acids is 1. The molecule has 3 heterocycles. The van der Waals surface area contributed by atoms with E-state index < -0.39 is 5.97 Å². The van der Waals surface area contributed by atoms with Gasteiger partial charge >= 0.3 is 5.97 Å². The number of nitrogens with one attached hydrogen (secondary N) is 1. The normalized spacial score (nSPS) is 12.8. The minimum atomic E-state index is -0.899. The minimum Gasteiger partial charge on any atom is -0.490 e. The summed E-state index contributed by atoms with van der Waals surface area (Å²) in [4.78, 5) is 16.6. The molecule has 0 bridgehead atoms. The molecule has 0 radical (unpaired) electrons. The second kappa shape index (κ2) is 8.48. The standard InChI is InChI=1S/C27H26FN3O3/c1-15-12-19(28)5-4-18(15)14-31-10-8-21-25(22(13-24(32)33)17(3)30-27(21)31)20-6-7-23-26(16(20)2)29-9-11-34-23/h4-8,10,12,29H,9,11,13-14H2,1-3H3,(H,32,33). The number of aryl methyl sites for hydroxylation is 2.